The molecule has 6 nitrogen and oxygen atoms in total. The summed E-state index contributed by atoms with van der Waals surface area (Å²) in [5.41, 5.74) is 15.7. The Balaban J connectivity index is 1.72. The fraction of sp³-hybridized carbons (Fsp3) is 0.417. The van der Waals surface area contributed by atoms with Gasteiger partial charge in [0.2, 0.25) is 5.91 Å². The number of hydrogen-bond acceptors (Lipinski definition) is 4. The highest BCUT2D eigenvalue weighted by molar-refractivity contribution is 6.00. The number of rotatable bonds is 7. The van der Waals surface area contributed by atoms with Crippen LogP contribution in [-0.4, -0.2) is 42.4 Å². The van der Waals surface area contributed by atoms with Crippen LogP contribution < -0.4 is 16.8 Å². The second-order valence-electron chi connectivity index (χ2n) is 8.24. The van der Waals surface area contributed by atoms with Crippen molar-refractivity contribution in [3.05, 3.63) is 53.6 Å². The van der Waals surface area contributed by atoms with Gasteiger partial charge in [-0.05, 0) is 47.6 Å². The molecule has 2 aromatic rings. The second kappa shape index (κ2) is 9.76. The number of benzene rings is 2. The van der Waals surface area contributed by atoms with Gasteiger partial charge in [0.1, 0.15) is 0 Å². The van der Waals surface area contributed by atoms with Gasteiger partial charge in [-0.15, -0.1) is 0 Å². The highest BCUT2D eigenvalue weighted by atomic mass is 16.2. The number of hydrogen-bond donors (Lipinski definition) is 3. The van der Waals surface area contributed by atoms with Gasteiger partial charge in [0, 0.05) is 37.8 Å². The molecule has 1 heterocycles. The van der Waals surface area contributed by atoms with Crippen molar-refractivity contribution in [3.8, 4) is 11.1 Å². The fourth-order valence-electron chi connectivity index (χ4n) is 3.89. The molecule has 0 atom stereocenters. The van der Waals surface area contributed by atoms with Crippen LogP contribution in [0.2, 0.25) is 0 Å². The van der Waals surface area contributed by atoms with Crippen LogP contribution in [0.4, 0.5) is 5.69 Å². The maximum Gasteiger partial charge on any atom is 0.250 e. The molecule has 0 aromatic heterocycles. The average molecular weight is 409 g/mol. The molecule has 160 valence electrons. The molecule has 2 amide bonds. The number of nitrogens with zero attached hydrogens (tertiary/aromatic N) is 1. The van der Waals surface area contributed by atoms with Crippen LogP contribution in [0.15, 0.2) is 42.5 Å². The molecular formula is C24H32N4O2. The smallest absolute Gasteiger partial charge is 0.250 e. The zero-order valence-corrected chi connectivity index (χ0v) is 17.9. The topological polar surface area (TPSA) is 101 Å². The van der Waals surface area contributed by atoms with Crippen molar-refractivity contribution in [3.63, 3.8) is 0 Å². The molecule has 1 aliphatic rings. The Labute approximate surface area is 178 Å². The van der Waals surface area contributed by atoms with Gasteiger partial charge in [-0.3, -0.25) is 9.59 Å². The summed E-state index contributed by atoms with van der Waals surface area (Å²) in [6.45, 7) is 6.11. The Morgan fingerprint density at radius 3 is 2.27 bits per heavy atom. The van der Waals surface area contributed by atoms with Crippen LogP contribution in [0.3, 0.4) is 0 Å². The normalized spacial score (nSPS) is 14.7. The van der Waals surface area contributed by atoms with E-state index in [-0.39, 0.29) is 11.9 Å². The van der Waals surface area contributed by atoms with E-state index in [1.807, 2.05) is 23.1 Å². The minimum atomic E-state index is -0.450. The monoisotopic (exact) mass is 408 g/mol. The van der Waals surface area contributed by atoms with Crippen molar-refractivity contribution in [1.82, 2.24) is 4.90 Å². The Hall–Kier alpha value is -2.86. The standard InChI is InChI=1S/C24H32N4O2/c1-16(2)17-3-5-18(6-4-17)19-7-8-22(21(15-19)24(26)30)27-20-10-13-28(14-11-20)23(29)9-12-25/h3-8,15-16,20,27H,9-14,25H2,1-2H3,(H2,26,30). The lowest BCUT2D eigenvalue weighted by atomic mass is 9.96. The van der Waals surface area contributed by atoms with Crippen molar-refractivity contribution in [2.24, 2.45) is 11.5 Å². The first-order chi connectivity index (χ1) is 14.4. The molecule has 0 aliphatic carbocycles. The van der Waals surface area contributed by atoms with E-state index in [0.717, 1.165) is 29.7 Å². The Bertz CT molecular complexity index is 885. The maximum absolute atomic E-state index is 12.1. The summed E-state index contributed by atoms with van der Waals surface area (Å²) in [7, 11) is 0. The van der Waals surface area contributed by atoms with Crippen LogP contribution >= 0.6 is 0 Å². The molecule has 0 radical (unpaired) electrons. The van der Waals surface area contributed by atoms with Crippen LogP contribution in [0, 0.1) is 0 Å². The van der Waals surface area contributed by atoms with Gasteiger partial charge in [-0.25, -0.2) is 0 Å². The first-order valence-corrected chi connectivity index (χ1v) is 10.7. The molecule has 0 bridgehead atoms. The molecule has 30 heavy (non-hydrogen) atoms. The average Bonchev–Trinajstić information content (AvgIpc) is 2.74. The molecular weight excluding hydrogens is 376 g/mol. The van der Waals surface area contributed by atoms with Gasteiger partial charge in [-0.1, -0.05) is 44.2 Å². The Morgan fingerprint density at radius 2 is 1.70 bits per heavy atom. The summed E-state index contributed by atoms with van der Waals surface area (Å²) in [5.74, 6) is 0.138. The molecule has 3 rings (SSSR count). The second-order valence-corrected chi connectivity index (χ2v) is 8.24. The maximum atomic E-state index is 12.1. The number of carbonyl (C=O) groups excluding carboxylic acids is 2. The zero-order valence-electron chi connectivity index (χ0n) is 17.9. The Kier molecular flexibility index (Phi) is 7.11. The van der Waals surface area contributed by atoms with Crippen molar-refractivity contribution in [2.45, 2.75) is 45.1 Å². The number of amides is 2. The molecule has 0 unspecified atom stereocenters. The third kappa shape index (κ3) is 5.19. The number of carbonyl (C=O) groups is 2. The number of likely N-dealkylation sites (tertiary alicyclic amines) is 1. The van der Waals surface area contributed by atoms with Gasteiger partial charge >= 0.3 is 0 Å². The molecule has 1 aliphatic heterocycles. The lowest BCUT2D eigenvalue weighted by molar-refractivity contribution is -0.131. The van der Waals surface area contributed by atoms with E-state index < -0.39 is 5.91 Å². The number of piperidine rings is 1. The highest BCUT2D eigenvalue weighted by Gasteiger charge is 2.23. The van der Waals surface area contributed by atoms with Gasteiger partial charge in [0.15, 0.2) is 0 Å². The van der Waals surface area contributed by atoms with E-state index in [1.165, 1.54) is 5.56 Å². The predicted molar refractivity (Wildman–Crippen MR) is 121 cm³/mol. The molecule has 0 spiro atoms. The Morgan fingerprint density at radius 1 is 1.07 bits per heavy atom. The van der Waals surface area contributed by atoms with Crippen molar-refractivity contribution < 1.29 is 9.59 Å². The first kappa shape index (κ1) is 21.8. The lowest BCUT2D eigenvalue weighted by Crippen LogP contribution is -2.43. The quantitative estimate of drug-likeness (QED) is 0.654. The molecule has 2 aromatic carbocycles. The minimum absolute atomic E-state index is 0.113. The molecule has 6 heteroatoms. The lowest BCUT2D eigenvalue weighted by Gasteiger charge is -2.33. The van der Waals surface area contributed by atoms with Crippen LogP contribution in [-0.2, 0) is 4.79 Å². The van der Waals surface area contributed by atoms with Crippen molar-refractivity contribution >= 4 is 17.5 Å². The van der Waals surface area contributed by atoms with Gasteiger partial charge in [-0.2, -0.15) is 0 Å². The molecule has 0 saturated carbocycles. The van der Waals surface area contributed by atoms with E-state index in [2.05, 4.69) is 43.4 Å². The van der Waals surface area contributed by atoms with E-state index >= 15 is 0 Å². The molecule has 1 saturated heterocycles. The largest absolute Gasteiger partial charge is 0.382 e. The fourth-order valence-corrected chi connectivity index (χ4v) is 3.89. The van der Waals surface area contributed by atoms with Gasteiger partial charge in [0.25, 0.3) is 5.91 Å². The summed E-state index contributed by atoms with van der Waals surface area (Å²) >= 11 is 0. The third-order valence-corrected chi connectivity index (χ3v) is 5.76. The summed E-state index contributed by atoms with van der Waals surface area (Å²) in [6.07, 6.45) is 2.05. The summed E-state index contributed by atoms with van der Waals surface area (Å²) in [6, 6.07) is 14.4. The molecule has 5 N–H and O–H groups in total. The van der Waals surface area contributed by atoms with Gasteiger partial charge in [0.05, 0.1) is 5.56 Å². The summed E-state index contributed by atoms with van der Waals surface area (Å²) in [5, 5.41) is 3.46. The van der Waals surface area contributed by atoms with Crippen LogP contribution in [0.5, 0.6) is 0 Å². The number of nitrogens with two attached hydrogens (primary N) is 2. The van der Waals surface area contributed by atoms with E-state index in [1.54, 1.807) is 0 Å². The SMILES string of the molecule is CC(C)c1ccc(-c2ccc(NC3CCN(C(=O)CCN)CC3)c(C(N)=O)c2)cc1. The van der Waals surface area contributed by atoms with Crippen LogP contribution in [0.1, 0.15) is 54.9 Å². The van der Waals surface area contributed by atoms with Crippen molar-refractivity contribution in [2.75, 3.05) is 25.0 Å². The number of nitrogens with one attached hydrogen (secondary N) is 1. The number of anilines is 1. The first-order valence-electron chi connectivity index (χ1n) is 10.7. The number of primary amides is 1. The summed E-state index contributed by atoms with van der Waals surface area (Å²) in [4.78, 5) is 26.0. The van der Waals surface area contributed by atoms with E-state index in [9.17, 15) is 9.59 Å². The van der Waals surface area contributed by atoms with E-state index in [4.69, 9.17) is 11.5 Å². The molecule has 1 fully saturated rings. The minimum Gasteiger partial charge on any atom is -0.382 e. The van der Waals surface area contributed by atoms with E-state index in [0.29, 0.717) is 37.5 Å². The van der Waals surface area contributed by atoms with Gasteiger partial charge < -0.3 is 21.7 Å². The van der Waals surface area contributed by atoms with Crippen molar-refractivity contribution in [1.29, 1.82) is 0 Å². The third-order valence-electron chi connectivity index (χ3n) is 5.76. The van der Waals surface area contributed by atoms with Crippen LogP contribution in [0.25, 0.3) is 11.1 Å². The predicted octanol–water partition coefficient (Wildman–Crippen LogP) is 3.33. The summed E-state index contributed by atoms with van der Waals surface area (Å²) < 4.78 is 0. The highest BCUT2D eigenvalue weighted by Crippen LogP contribution is 2.28. The zero-order chi connectivity index (χ0) is 21.7.